The Hall–Kier alpha value is -1.15. The maximum atomic E-state index is 12.8. The molecule has 1 aliphatic heterocycles. The van der Waals surface area contributed by atoms with Gasteiger partial charge in [0.1, 0.15) is 0 Å². The van der Waals surface area contributed by atoms with Crippen LogP contribution in [-0.4, -0.2) is 33.1 Å². The van der Waals surface area contributed by atoms with E-state index in [2.05, 4.69) is 5.32 Å². The molecular formula is C11H11F4NO2S. The van der Waals surface area contributed by atoms with Crippen LogP contribution < -0.4 is 5.32 Å². The van der Waals surface area contributed by atoms with Crippen LogP contribution in [0.1, 0.15) is 11.6 Å². The highest BCUT2D eigenvalue weighted by Gasteiger charge is 2.42. The normalized spacial score (nSPS) is 21.6. The molecule has 0 saturated carbocycles. The average molecular weight is 297 g/mol. The van der Waals surface area contributed by atoms with Crippen molar-refractivity contribution in [1.29, 1.82) is 0 Å². The van der Waals surface area contributed by atoms with E-state index in [1.54, 1.807) is 6.07 Å². The van der Waals surface area contributed by atoms with Gasteiger partial charge >= 0.3 is 12.3 Å². The van der Waals surface area contributed by atoms with Crippen molar-refractivity contribution in [3.05, 3.63) is 29.8 Å². The van der Waals surface area contributed by atoms with Gasteiger partial charge < -0.3 is 5.32 Å². The first-order valence-corrected chi connectivity index (χ1v) is 7.10. The molecule has 2 rings (SSSR count). The van der Waals surface area contributed by atoms with Gasteiger partial charge in [0.15, 0.2) is 9.84 Å². The molecule has 0 spiro atoms. The summed E-state index contributed by atoms with van der Waals surface area (Å²) in [6.45, 7) is -1.26. The summed E-state index contributed by atoms with van der Waals surface area (Å²) in [7, 11) is -3.54. The molecule has 1 atom stereocenters. The number of sulfone groups is 1. The maximum Gasteiger partial charge on any atom is 0.319 e. The van der Waals surface area contributed by atoms with Crippen LogP contribution in [0.4, 0.5) is 17.6 Å². The average Bonchev–Trinajstić information content (AvgIpc) is 2.59. The second-order valence-corrected chi connectivity index (χ2v) is 6.32. The molecule has 1 aromatic rings. The zero-order valence-corrected chi connectivity index (χ0v) is 10.4. The van der Waals surface area contributed by atoms with Crippen molar-refractivity contribution in [2.24, 2.45) is 0 Å². The van der Waals surface area contributed by atoms with Crippen molar-refractivity contribution < 1.29 is 26.0 Å². The summed E-state index contributed by atoms with van der Waals surface area (Å²) < 4.78 is 73.2. The van der Waals surface area contributed by atoms with Gasteiger partial charge in [-0.1, -0.05) is 18.2 Å². The summed E-state index contributed by atoms with van der Waals surface area (Å²) in [6.07, 6.45) is -3.78. The minimum Gasteiger partial charge on any atom is -0.303 e. The Morgan fingerprint density at radius 3 is 2.58 bits per heavy atom. The smallest absolute Gasteiger partial charge is 0.303 e. The Morgan fingerprint density at radius 1 is 1.32 bits per heavy atom. The van der Waals surface area contributed by atoms with Crippen LogP contribution in [0.2, 0.25) is 0 Å². The number of fused-ring (bicyclic) bond motifs is 1. The molecule has 0 radical (unpaired) electrons. The zero-order valence-electron chi connectivity index (χ0n) is 9.61. The summed E-state index contributed by atoms with van der Waals surface area (Å²) in [4.78, 5) is 0.0628. The van der Waals surface area contributed by atoms with E-state index in [9.17, 15) is 26.0 Å². The van der Waals surface area contributed by atoms with E-state index in [4.69, 9.17) is 0 Å². The second-order valence-electron chi connectivity index (χ2n) is 4.31. The zero-order chi connectivity index (χ0) is 14.3. The molecule has 1 aliphatic rings. The van der Waals surface area contributed by atoms with Crippen LogP contribution in [0.5, 0.6) is 0 Å². The quantitative estimate of drug-likeness (QED) is 0.865. The molecule has 3 nitrogen and oxygen atoms in total. The monoisotopic (exact) mass is 297 g/mol. The molecule has 0 fully saturated rings. The third kappa shape index (κ3) is 2.74. The van der Waals surface area contributed by atoms with Crippen LogP contribution in [0, 0.1) is 0 Å². The first-order valence-electron chi connectivity index (χ1n) is 5.45. The lowest BCUT2D eigenvalue weighted by Crippen LogP contribution is -2.40. The van der Waals surface area contributed by atoms with Gasteiger partial charge in [0.05, 0.1) is 17.2 Å². The van der Waals surface area contributed by atoms with Crippen LogP contribution >= 0.6 is 0 Å². The molecular weight excluding hydrogens is 286 g/mol. The third-order valence-corrected chi connectivity index (χ3v) is 4.73. The van der Waals surface area contributed by atoms with E-state index in [1.807, 2.05) is 0 Å². The molecule has 19 heavy (non-hydrogen) atoms. The van der Waals surface area contributed by atoms with E-state index in [-0.39, 0.29) is 4.90 Å². The van der Waals surface area contributed by atoms with Gasteiger partial charge in [-0.2, -0.15) is 8.78 Å². The Labute approximate surface area is 107 Å². The Bertz CT molecular complexity index is 574. The van der Waals surface area contributed by atoms with Gasteiger partial charge in [-0.15, -0.1) is 0 Å². The molecule has 0 saturated heterocycles. The lowest BCUT2D eigenvalue weighted by Gasteiger charge is -2.19. The van der Waals surface area contributed by atoms with Crippen molar-refractivity contribution in [1.82, 2.24) is 5.32 Å². The summed E-state index contributed by atoms with van der Waals surface area (Å²) in [5.74, 6) is -4.58. The molecule has 0 amide bonds. The Kier molecular flexibility index (Phi) is 3.57. The second kappa shape index (κ2) is 4.75. The standard InChI is InChI=1S/C11H11F4NO2S/c12-10(13)11(14,15)6-16-8-5-19(17,18)9-4-2-1-3-7(8)9/h1-4,8,10,16H,5-6H2. The molecule has 1 aromatic carbocycles. The lowest BCUT2D eigenvalue weighted by molar-refractivity contribution is -0.126. The molecule has 1 N–H and O–H groups in total. The number of rotatable bonds is 4. The Morgan fingerprint density at radius 2 is 1.95 bits per heavy atom. The SMILES string of the molecule is O=S1(=O)CC(NCC(F)(F)C(F)F)c2ccccc21. The van der Waals surface area contributed by atoms with Gasteiger partial charge in [-0.3, -0.25) is 0 Å². The van der Waals surface area contributed by atoms with Crippen LogP contribution in [0.25, 0.3) is 0 Å². The predicted octanol–water partition coefficient (Wildman–Crippen LogP) is 2.00. The van der Waals surface area contributed by atoms with Gasteiger partial charge in [0.25, 0.3) is 0 Å². The van der Waals surface area contributed by atoms with Crippen molar-refractivity contribution in [3.8, 4) is 0 Å². The summed E-state index contributed by atoms with van der Waals surface area (Å²) in [5.41, 5.74) is 0.340. The number of hydrogen-bond acceptors (Lipinski definition) is 3. The highest BCUT2D eigenvalue weighted by molar-refractivity contribution is 7.91. The van der Waals surface area contributed by atoms with E-state index >= 15 is 0 Å². The highest BCUT2D eigenvalue weighted by atomic mass is 32.2. The molecule has 1 unspecified atom stereocenters. The number of alkyl halides is 4. The fourth-order valence-corrected chi connectivity index (χ4v) is 3.73. The predicted molar refractivity (Wildman–Crippen MR) is 60.2 cm³/mol. The van der Waals surface area contributed by atoms with Crippen molar-refractivity contribution >= 4 is 9.84 Å². The molecule has 8 heteroatoms. The number of nitrogens with one attached hydrogen (secondary N) is 1. The fraction of sp³-hybridized carbons (Fsp3) is 0.455. The maximum absolute atomic E-state index is 12.8. The largest absolute Gasteiger partial charge is 0.319 e. The summed E-state index contributed by atoms with van der Waals surface area (Å²) in [6, 6.07) is 5.06. The fourth-order valence-electron chi connectivity index (χ4n) is 1.96. The molecule has 106 valence electrons. The number of halogens is 4. The lowest BCUT2D eigenvalue weighted by atomic mass is 10.1. The minimum absolute atomic E-state index is 0.0628. The molecule has 1 heterocycles. The summed E-state index contributed by atoms with van der Waals surface area (Å²) >= 11 is 0. The van der Waals surface area contributed by atoms with Gasteiger partial charge in [0.2, 0.25) is 0 Å². The Balaban J connectivity index is 2.17. The van der Waals surface area contributed by atoms with Gasteiger partial charge in [-0.25, -0.2) is 17.2 Å². The van der Waals surface area contributed by atoms with Crippen molar-refractivity contribution in [2.75, 3.05) is 12.3 Å². The van der Waals surface area contributed by atoms with Crippen LogP contribution in [0.15, 0.2) is 29.2 Å². The van der Waals surface area contributed by atoms with E-state index in [0.717, 1.165) is 0 Å². The molecule has 0 aliphatic carbocycles. The van der Waals surface area contributed by atoms with Crippen LogP contribution in [-0.2, 0) is 9.84 Å². The van der Waals surface area contributed by atoms with E-state index in [1.165, 1.54) is 18.2 Å². The summed E-state index contributed by atoms with van der Waals surface area (Å²) in [5, 5.41) is 2.21. The van der Waals surface area contributed by atoms with Crippen molar-refractivity contribution in [2.45, 2.75) is 23.3 Å². The van der Waals surface area contributed by atoms with E-state index < -0.39 is 40.5 Å². The number of hydrogen-bond donors (Lipinski definition) is 1. The van der Waals surface area contributed by atoms with Crippen molar-refractivity contribution in [3.63, 3.8) is 0 Å². The third-order valence-electron chi connectivity index (χ3n) is 2.92. The molecule has 0 aromatic heterocycles. The minimum atomic E-state index is -4.18. The van der Waals surface area contributed by atoms with E-state index in [0.29, 0.717) is 5.56 Å². The highest BCUT2D eigenvalue weighted by Crippen LogP contribution is 2.33. The number of benzene rings is 1. The first kappa shape index (κ1) is 14.3. The van der Waals surface area contributed by atoms with Gasteiger partial charge in [-0.05, 0) is 11.6 Å². The van der Waals surface area contributed by atoms with Crippen LogP contribution in [0.3, 0.4) is 0 Å². The molecule has 0 bridgehead atoms. The topological polar surface area (TPSA) is 46.2 Å². The van der Waals surface area contributed by atoms with Gasteiger partial charge in [0, 0.05) is 6.04 Å². The first-order chi connectivity index (χ1) is 8.74.